The first-order valence-corrected chi connectivity index (χ1v) is 8.08. The van der Waals surface area contributed by atoms with Crippen LogP contribution in [0.15, 0.2) is 42.6 Å². The minimum Gasteiger partial charge on any atom is -0.387 e. The quantitative estimate of drug-likeness (QED) is 0.928. The van der Waals surface area contributed by atoms with Gasteiger partial charge in [-0.3, -0.25) is 0 Å². The Morgan fingerprint density at radius 1 is 1.14 bits per heavy atom. The molecule has 4 rings (SSSR count). The topological polar surface area (TPSA) is 38.1 Å². The van der Waals surface area contributed by atoms with Crippen LogP contribution in [-0.2, 0) is 0 Å². The molecule has 2 saturated carbocycles. The highest BCUT2D eigenvalue weighted by molar-refractivity contribution is 5.32. The lowest BCUT2D eigenvalue weighted by Crippen LogP contribution is -2.16. The Hall–Kier alpha value is -1.61. The van der Waals surface area contributed by atoms with E-state index in [1.807, 2.05) is 41.1 Å². The van der Waals surface area contributed by atoms with Crippen LogP contribution < -0.4 is 0 Å². The highest BCUT2D eigenvalue weighted by atomic mass is 16.3. The molecule has 0 spiro atoms. The van der Waals surface area contributed by atoms with Crippen LogP contribution in [0.3, 0.4) is 0 Å². The molecule has 110 valence electrons. The number of para-hydroxylation sites is 1. The summed E-state index contributed by atoms with van der Waals surface area (Å²) in [5.41, 5.74) is 1.94. The summed E-state index contributed by atoms with van der Waals surface area (Å²) < 4.78 is 1.87. The second kappa shape index (κ2) is 5.30. The number of aliphatic hydroxyl groups is 1. The fourth-order valence-electron chi connectivity index (χ4n) is 4.42. The standard InChI is InChI=1S/C18H22N2O/c21-18(12-15-11-13-6-7-14(15)10-13)17-8-9-19-20(17)16-4-2-1-3-5-16/h1-5,8-9,13-15,18,21H,6-7,10-12H2. The number of fused-ring (bicyclic) bond motifs is 2. The summed E-state index contributed by atoms with van der Waals surface area (Å²) in [7, 11) is 0. The minimum absolute atomic E-state index is 0.406. The molecule has 2 aliphatic carbocycles. The van der Waals surface area contributed by atoms with Crippen molar-refractivity contribution >= 4 is 0 Å². The molecule has 0 radical (unpaired) electrons. The maximum Gasteiger partial charge on any atom is 0.0964 e. The average Bonchev–Trinajstić information content (AvgIpc) is 3.24. The zero-order valence-corrected chi connectivity index (χ0v) is 12.2. The van der Waals surface area contributed by atoms with E-state index in [0.29, 0.717) is 5.92 Å². The average molecular weight is 282 g/mol. The van der Waals surface area contributed by atoms with Crippen LogP contribution in [0.25, 0.3) is 5.69 Å². The van der Waals surface area contributed by atoms with E-state index in [2.05, 4.69) is 5.10 Å². The van der Waals surface area contributed by atoms with Gasteiger partial charge in [-0.15, -0.1) is 0 Å². The highest BCUT2D eigenvalue weighted by Crippen LogP contribution is 2.50. The van der Waals surface area contributed by atoms with Crippen LogP contribution in [-0.4, -0.2) is 14.9 Å². The van der Waals surface area contributed by atoms with Gasteiger partial charge in [-0.1, -0.05) is 24.6 Å². The molecule has 3 nitrogen and oxygen atoms in total. The van der Waals surface area contributed by atoms with Crippen molar-refractivity contribution in [2.75, 3.05) is 0 Å². The third-order valence-corrected chi connectivity index (χ3v) is 5.42. The summed E-state index contributed by atoms with van der Waals surface area (Å²) in [6.07, 6.45) is 7.78. The van der Waals surface area contributed by atoms with Crippen molar-refractivity contribution in [3.05, 3.63) is 48.3 Å². The molecule has 2 fully saturated rings. The Morgan fingerprint density at radius 2 is 2.00 bits per heavy atom. The molecule has 1 heterocycles. The van der Waals surface area contributed by atoms with Crippen molar-refractivity contribution in [2.24, 2.45) is 17.8 Å². The van der Waals surface area contributed by atoms with Crippen LogP contribution in [0.4, 0.5) is 0 Å². The Morgan fingerprint density at radius 3 is 2.71 bits per heavy atom. The molecule has 0 aliphatic heterocycles. The van der Waals surface area contributed by atoms with Crippen molar-refractivity contribution in [3.63, 3.8) is 0 Å². The summed E-state index contributed by atoms with van der Waals surface area (Å²) in [5.74, 6) is 2.50. The zero-order valence-electron chi connectivity index (χ0n) is 12.2. The summed E-state index contributed by atoms with van der Waals surface area (Å²) in [4.78, 5) is 0. The van der Waals surface area contributed by atoms with Gasteiger partial charge in [0, 0.05) is 6.20 Å². The van der Waals surface area contributed by atoms with E-state index in [4.69, 9.17) is 0 Å². The second-order valence-corrected chi connectivity index (χ2v) is 6.69. The number of aliphatic hydroxyl groups excluding tert-OH is 1. The molecule has 3 heteroatoms. The summed E-state index contributed by atoms with van der Waals surface area (Å²) in [6.45, 7) is 0. The van der Waals surface area contributed by atoms with E-state index in [1.54, 1.807) is 6.20 Å². The number of hydrogen-bond acceptors (Lipinski definition) is 2. The number of aromatic nitrogens is 2. The first-order chi connectivity index (χ1) is 10.3. The summed E-state index contributed by atoms with van der Waals surface area (Å²) in [5, 5.41) is 15.1. The van der Waals surface area contributed by atoms with E-state index in [1.165, 1.54) is 25.7 Å². The van der Waals surface area contributed by atoms with Crippen LogP contribution in [0.2, 0.25) is 0 Å². The molecule has 1 aromatic carbocycles. The van der Waals surface area contributed by atoms with Crippen molar-refractivity contribution in [1.82, 2.24) is 9.78 Å². The fraction of sp³-hybridized carbons (Fsp3) is 0.500. The van der Waals surface area contributed by atoms with Gasteiger partial charge in [0.2, 0.25) is 0 Å². The normalized spacial score (nSPS) is 28.9. The Balaban J connectivity index is 1.53. The molecule has 1 aromatic heterocycles. The van der Waals surface area contributed by atoms with Crippen LogP contribution in [0, 0.1) is 17.8 Å². The van der Waals surface area contributed by atoms with E-state index in [0.717, 1.165) is 29.6 Å². The highest BCUT2D eigenvalue weighted by Gasteiger charge is 2.40. The van der Waals surface area contributed by atoms with Crippen LogP contribution in [0.1, 0.15) is 43.9 Å². The Kier molecular flexibility index (Phi) is 3.30. The number of benzene rings is 1. The van der Waals surface area contributed by atoms with E-state index in [-0.39, 0.29) is 0 Å². The van der Waals surface area contributed by atoms with Crippen molar-refractivity contribution < 1.29 is 5.11 Å². The molecule has 1 N–H and O–H groups in total. The molecular weight excluding hydrogens is 260 g/mol. The van der Waals surface area contributed by atoms with Crippen molar-refractivity contribution in [2.45, 2.75) is 38.2 Å². The van der Waals surface area contributed by atoms with Crippen LogP contribution >= 0.6 is 0 Å². The molecule has 0 saturated heterocycles. The fourth-order valence-corrected chi connectivity index (χ4v) is 4.42. The molecule has 4 unspecified atom stereocenters. The van der Waals surface area contributed by atoms with Gasteiger partial charge in [-0.25, -0.2) is 4.68 Å². The van der Waals surface area contributed by atoms with Gasteiger partial charge in [-0.05, 0) is 61.6 Å². The monoisotopic (exact) mass is 282 g/mol. The second-order valence-electron chi connectivity index (χ2n) is 6.69. The third-order valence-electron chi connectivity index (χ3n) is 5.42. The van der Waals surface area contributed by atoms with Crippen LogP contribution in [0.5, 0.6) is 0 Å². The van der Waals surface area contributed by atoms with Gasteiger partial charge in [-0.2, -0.15) is 5.10 Å². The predicted molar refractivity (Wildman–Crippen MR) is 82.1 cm³/mol. The lowest BCUT2D eigenvalue weighted by atomic mass is 9.84. The van der Waals surface area contributed by atoms with Gasteiger partial charge in [0.25, 0.3) is 0 Å². The smallest absolute Gasteiger partial charge is 0.0964 e. The van der Waals surface area contributed by atoms with Crippen molar-refractivity contribution in [3.8, 4) is 5.69 Å². The molecular formula is C18H22N2O. The van der Waals surface area contributed by atoms with Gasteiger partial charge < -0.3 is 5.11 Å². The summed E-state index contributed by atoms with van der Waals surface area (Å²) >= 11 is 0. The first kappa shape index (κ1) is 13.1. The molecule has 2 bridgehead atoms. The number of nitrogens with zero attached hydrogens (tertiary/aromatic N) is 2. The SMILES string of the molecule is OC(CC1CC2CCC1C2)c1ccnn1-c1ccccc1. The minimum atomic E-state index is -0.406. The van der Waals surface area contributed by atoms with Gasteiger partial charge in [0.05, 0.1) is 17.5 Å². The van der Waals surface area contributed by atoms with E-state index in [9.17, 15) is 5.11 Å². The number of rotatable bonds is 4. The van der Waals surface area contributed by atoms with Gasteiger partial charge in [0.15, 0.2) is 0 Å². The molecule has 2 aromatic rings. The third kappa shape index (κ3) is 2.40. The van der Waals surface area contributed by atoms with Gasteiger partial charge >= 0.3 is 0 Å². The predicted octanol–water partition coefficient (Wildman–Crippen LogP) is 3.73. The van der Waals surface area contributed by atoms with Crippen molar-refractivity contribution in [1.29, 1.82) is 0 Å². The van der Waals surface area contributed by atoms with E-state index >= 15 is 0 Å². The summed E-state index contributed by atoms with van der Waals surface area (Å²) in [6, 6.07) is 12.0. The first-order valence-electron chi connectivity index (χ1n) is 8.08. The largest absolute Gasteiger partial charge is 0.387 e. The molecule has 21 heavy (non-hydrogen) atoms. The Labute approximate surface area is 125 Å². The lowest BCUT2D eigenvalue weighted by Gasteiger charge is -2.24. The molecule has 2 aliphatic rings. The maximum absolute atomic E-state index is 10.7. The lowest BCUT2D eigenvalue weighted by molar-refractivity contribution is 0.119. The zero-order chi connectivity index (χ0) is 14.2. The maximum atomic E-state index is 10.7. The van der Waals surface area contributed by atoms with Gasteiger partial charge in [0.1, 0.15) is 0 Å². The Bertz CT molecular complexity index is 607. The molecule has 4 atom stereocenters. The van der Waals surface area contributed by atoms with E-state index < -0.39 is 6.10 Å². The number of hydrogen-bond donors (Lipinski definition) is 1. The molecule has 0 amide bonds.